The van der Waals surface area contributed by atoms with E-state index in [9.17, 15) is 4.79 Å². The fourth-order valence-corrected chi connectivity index (χ4v) is 3.17. The standard InChI is InChI=1S/C21H19N3O2/c1-13-8-9-15(12-14(13)2)24-21(25)19-17(10-11-22-20(19)23-24)16-6-4-5-7-18(16)26-3/h4-12H,1-3H3,(H,22,23). The second-order valence-electron chi connectivity index (χ2n) is 6.30. The third-order valence-corrected chi connectivity index (χ3v) is 4.73. The summed E-state index contributed by atoms with van der Waals surface area (Å²) < 4.78 is 7.01. The van der Waals surface area contributed by atoms with Crippen LogP contribution in [0.15, 0.2) is 59.5 Å². The largest absolute Gasteiger partial charge is 0.496 e. The van der Waals surface area contributed by atoms with E-state index in [4.69, 9.17) is 4.74 Å². The summed E-state index contributed by atoms with van der Waals surface area (Å²) in [6.07, 6.45) is 1.70. The fourth-order valence-electron chi connectivity index (χ4n) is 3.17. The van der Waals surface area contributed by atoms with Crippen molar-refractivity contribution in [1.82, 2.24) is 14.8 Å². The van der Waals surface area contributed by atoms with Crippen molar-refractivity contribution >= 4 is 11.0 Å². The zero-order valence-corrected chi connectivity index (χ0v) is 14.9. The number of aromatic nitrogens is 3. The summed E-state index contributed by atoms with van der Waals surface area (Å²) in [4.78, 5) is 17.5. The molecular weight excluding hydrogens is 326 g/mol. The first kappa shape index (κ1) is 16.1. The first-order valence-electron chi connectivity index (χ1n) is 8.41. The molecule has 0 amide bonds. The molecule has 0 atom stereocenters. The number of nitrogens with zero attached hydrogens (tertiary/aromatic N) is 2. The van der Waals surface area contributed by atoms with E-state index >= 15 is 0 Å². The molecule has 0 spiro atoms. The maximum absolute atomic E-state index is 13.2. The Balaban J connectivity index is 2.00. The minimum atomic E-state index is -0.128. The van der Waals surface area contributed by atoms with Gasteiger partial charge in [-0.15, -0.1) is 0 Å². The average Bonchev–Trinajstić information content (AvgIpc) is 3.01. The van der Waals surface area contributed by atoms with Crippen molar-refractivity contribution < 1.29 is 4.74 Å². The summed E-state index contributed by atoms with van der Waals surface area (Å²) >= 11 is 0. The van der Waals surface area contributed by atoms with Crippen molar-refractivity contribution in [2.45, 2.75) is 13.8 Å². The van der Waals surface area contributed by atoms with Crippen LogP contribution in [0.25, 0.3) is 27.8 Å². The summed E-state index contributed by atoms with van der Waals surface area (Å²) in [5.74, 6) is 0.721. The number of aryl methyl sites for hydroxylation is 2. The molecule has 0 fully saturated rings. The van der Waals surface area contributed by atoms with Crippen molar-refractivity contribution in [3.05, 3.63) is 76.2 Å². The normalized spacial score (nSPS) is 11.0. The molecule has 5 nitrogen and oxygen atoms in total. The van der Waals surface area contributed by atoms with Gasteiger partial charge in [0.05, 0.1) is 18.2 Å². The number of nitrogens with one attached hydrogen (secondary N) is 1. The highest BCUT2D eigenvalue weighted by atomic mass is 16.5. The van der Waals surface area contributed by atoms with Gasteiger partial charge in [-0.2, -0.15) is 0 Å². The van der Waals surface area contributed by atoms with E-state index in [0.717, 1.165) is 28.1 Å². The Morgan fingerprint density at radius 2 is 1.81 bits per heavy atom. The highest BCUT2D eigenvalue weighted by Crippen LogP contribution is 2.32. The lowest BCUT2D eigenvalue weighted by Gasteiger charge is -2.08. The number of benzene rings is 2. The molecule has 2 aromatic heterocycles. The number of pyridine rings is 1. The van der Waals surface area contributed by atoms with E-state index < -0.39 is 0 Å². The summed E-state index contributed by atoms with van der Waals surface area (Å²) in [5.41, 5.74) is 5.20. The lowest BCUT2D eigenvalue weighted by Crippen LogP contribution is -2.14. The van der Waals surface area contributed by atoms with Crippen LogP contribution in [0.4, 0.5) is 0 Å². The van der Waals surface area contributed by atoms with Gasteiger partial charge in [-0.1, -0.05) is 24.3 Å². The summed E-state index contributed by atoms with van der Waals surface area (Å²) in [6, 6.07) is 15.5. The molecule has 0 aliphatic carbocycles. The Kier molecular flexibility index (Phi) is 3.84. The Morgan fingerprint density at radius 3 is 2.58 bits per heavy atom. The van der Waals surface area contributed by atoms with E-state index in [2.05, 4.69) is 17.0 Å². The number of hydrogen-bond acceptors (Lipinski definition) is 3. The van der Waals surface area contributed by atoms with Crippen molar-refractivity contribution in [1.29, 1.82) is 0 Å². The third kappa shape index (κ3) is 2.49. The van der Waals surface area contributed by atoms with Crippen molar-refractivity contribution in [2.24, 2.45) is 0 Å². The predicted molar refractivity (Wildman–Crippen MR) is 103 cm³/mol. The molecule has 26 heavy (non-hydrogen) atoms. The van der Waals surface area contributed by atoms with Crippen LogP contribution >= 0.6 is 0 Å². The van der Waals surface area contributed by atoms with Gasteiger partial charge in [-0.3, -0.25) is 9.89 Å². The fraction of sp³-hybridized carbons (Fsp3) is 0.143. The van der Waals surface area contributed by atoms with Gasteiger partial charge in [0, 0.05) is 17.3 Å². The minimum absolute atomic E-state index is 0.128. The van der Waals surface area contributed by atoms with E-state index in [1.54, 1.807) is 18.0 Å². The third-order valence-electron chi connectivity index (χ3n) is 4.73. The zero-order valence-electron chi connectivity index (χ0n) is 14.9. The number of fused-ring (bicyclic) bond motifs is 1. The molecule has 0 radical (unpaired) electrons. The number of H-pyrrole nitrogens is 1. The molecule has 2 heterocycles. The molecule has 4 aromatic rings. The SMILES string of the molecule is COc1ccccc1-c1ccnc2[nH]n(-c3ccc(C)c(C)c3)c(=O)c12. The first-order chi connectivity index (χ1) is 12.6. The van der Waals surface area contributed by atoms with Gasteiger partial charge in [0.25, 0.3) is 5.56 Å². The average molecular weight is 345 g/mol. The quantitative estimate of drug-likeness (QED) is 0.610. The minimum Gasteiger partial charge on any atom is -0.496 e. The molecule has 1 N–H and O–H groups in total. The molecule has 5 heteroatoms. The molecule has 0 aliphatic heterocycles. The number of hydrogen-bond donors (Lipinski definition) is 1. The molecular formula is C21H19N3O2. The smallest absolute Gasteiger partial charge is 0.281 e. The van der Waals surface area contributed by atoms with Crippen LogP contribution in [0.5, 0.6) is 5.75 Å². The van der Waals surface area contributed by atoms with E-state index in [1.165, 1.54) is 5.56 Å². The number of ether oxygens (including phenoxy) is 1. The van der Waals surface area contributed by atoms with Crippen molar-refractivity contribution in [3.8, 4) is 22.6 Å². The van der Waals surface area contributed by atoms with Gasteiger partial charge in [0.1, 0.15) is 5.75 Å². The topological polar surface area (TPSA) is 59.9 Å². The second kappa shape index (κ2) is 6.19. The predicted octanol–water partition coefficient (Wildman–Crippen LogP) is 4.01. The van der Waals surface area contributed by atoms with Crippen LogP contribution in [-0.4, -0.2) is 21.9 Å². The summed E-state index contributed by atoms with van der Waals surface area (Å²) in [5, 5.41) is 3.68. The Morgan fingerprint density at radius 1 is 1.00 bits per heavy atom. The monoisotopic (exact) mass is 345 g/mol. The molecule has 4 rings (SSSR count). The van der Waals surface area contributed by atoms with Gasteiger partial charge < -0.3 is 4.74 Å². The van der Waals surface area contributed by atoms with Crippen LogP contribution in [0.3, 0.4) is 0 Å². The van der Waals surface area contributed by atoms with Gasteiger partial charge in [-0.05, 0) is 49.2 Å². The van der Waals surface area contributed by atoms with Gasteiger partial charge >= 0.3 is 0 Å². The van der Waals surface area contributed by atoms with Gasteiger partial charge in [0.2, 0.25) is 0 Å². The van der Waals surface area contributed by atoms with E-state index in [1.807, 2.05) is 55.5 Å². The lowest BCUT2D eigenvalue weighted by atomic mass is 10.0. The molecule has 0 saturated carbocycles. The number of para-hydroxylation sites is 1. The number of methoxy groups -OCH3 is 1. The second-order valence-corrected chi connectivity index (χ2v) is 6.30. The molecule has 0 saturated heterocycles. The van der Waals surface area contributed by atoms with Crippen LogP contribution in [0.2, 0.25) is 0 Å². The summed E-state index contributed by atoms with van der Waals surface area (Å²) in [6.45, 7) is 4.08. The van der Waals surface area contributed by atoms with E-state index in [-0.39, 0.29) is 5.56 Å². The van der Waals surface area contributed by atoms with Gasteiger partial charge in [-0.25, -0.2) is 9.67 Å². The van der Waals surface area contributed by atoms with Crippen molar-refractivity contribution in [3.63, 3.8) is 0 Å². The molecule has 0 bridgehead atoms. The first-order valence-corrected chi connectivity index (χ1v) is 8.41. The van der Waals surface area contributed by atoms with E-state index in [0.29, 0.717) is 11.0 Å². The Labute approximate surface area is 150 Å². The Hall–Kier alpha value is -3.34. The number of aromatic amines is 1. The van der Waals surface area contributed by atoms with Crippen molar-refractivity contribution in [2.75, 3.05) is 7.11 Å². The molecule has 0 aliphatic rings. The summed E-state index contributed by atoms with van der Waals surface area (Å²) in [7, 11) is 1.63. The van der Waals surface area contributed by atoms with Crippen LogP contribution in [-0.2, 0) is 0 Å². The lowest BCUT2D eigenvalue weighted by molar-refractivity contribution is 0.416. The molecule has 130 valence electrons. The van der Waals surface area contributed by atoms with Crippen LogP contribution in [0.1, 0.15) is 11.1 Å². The Bertz CT molecular complexity index is 1170. The zero-order chi connectivity index (χ0) is 18.3. The number of rotatable bonds is 3. The highest BCUT2D eigenvalue weighted by molar-refractivity contribution is 5.94. The van der Waals surface area contributed by atoms with Gasteiger partial charge in [0.15, 0.2) is 5.65 Å². The maximum atomic E-state index is 13.2. The highest BCUT2D eigenvalue weighted by Gasteiger charge is 2.16. The van der Waals surface area contributed by atoms with Crippen LogP contribution < -0.4 is 10.3 Å². The maximum Gasteiger partial charge on any atom is 0.281 e. The van der Waals surface area contributed by atoms with Crippen LogP contribution in [0, 0.1) is 13.8 Å². The molecule has 0 unspecified atom stereocenters. The molecule has 2 aromatic carbocycles.